The van der Waals surface area contributed by atoms with Gasteiger partial charge >= 0.3 is 11.9 Å². The number of esters is 2. The van der Waals surface area contributed by atoms with Gasteiger partial charge in [-0.25, -0.2) is 9.59 Å². The molecule has 0 amide bonds. The van der Waals surface area contributed by atoms with E-state index < -0.39 is 24.5 Å². The summed E-state index contributed by atoms with van der Waals surface area (Å²) < 4.78 is 22.4. The largest absolute Gasteiger partial charge is 0.432 e. The van der Waals surface area contributed by atoms with Crippen molar-refractivity contribution in [2.24, 2.45) is 23.7 Å². The van der Waals surface area contributed by atoms with Crippen LogP contribution < -0.4 is 0 Å². The van der Waals surface area contributed by atoms with Crippen molar-refractivity contribution in [3.05, 3.63) is 25.3 Å². The lowest BCUT2D eigenvalue weighted by Gasteiger charge is -2.38. The fourth-order valence-electron chi connectivity index (χ4n) is 4.29. The van der Waals surface area contributed by atoms with Crippen LogP contribution in [-0.2, 0) is 28.5 Å². The van der Waals surface area contributed by atoms with Crippen molar-refractivity contribution in [3.8, 4) is 0 Å². The van der Waals surface area contributed by atoms with E-state index in [1.54, 1.807) is 0 Å². The Morgan fingerprint density at radius 3 is 1.64 bits per heavy atom. The molecule has 0 spiro atoms. The van der Waals surface area contributed by atoms with Crippen molar-refractivity contribution in [1.29, 1.82) is 0 Å². The summed E-state index contributed by atoms with van der Waals surface area (Å²) in [5.74, 6) is -0.468. The lowest BCUT2D eigenvalue weighted by Crippen LogP contribution is -2.44. The molecule has 2 bridgehead atoms. The number of carbonyl (C=O) groups is 2. The van der Waals surface area contributed by atoms with Gasteiger partial charge in [-0.15, -0.1) is 0 Å². The van der Waals surface area contributed by atoms with E-state index in [9.17, 15) is 9.59 Å². The maximum absolute atomic E-state index is 11.7. The van der Waals surface area contributed by atoms with E-state index in [4.69, 9.17) is 18.9 Å². The molecule has 2 aliphatic rings. The Bertz CT molecular complexity index is 458. The summed E-state index contributed by atoms with van der Waals surface area (Å²) in [7, 11) is 0. The maximum atomic E-state index is 11.7. The first-order valence-electron chi connectivity index (χ1n) is 8.94. The lowest BCUT2D eigenvalue weighted by molar-refractivity contribution is -0.230. The molecule has 0 aromatic heterocycles. The van der Waals surface area contributed by atoms with Crippen LogP contribution in [0.15, 0.2) is 25.3 Å². The molecule has 0 N–H and O–H groups in total. The normalized spacial score (nSPS) is 29.7. The molecule has 6 unspecified atom stereocenters. The van der Waals surface area contributed by atoms with Gasteiger partial charge in [0.2, 0.25) is 12.6 Å². The minimum atomic E-state index is -0.693. The second-order valence-electron chi connectivity index (χ2n) is 6.42. The molecule has 0 aromatic rings. The Kier molecular flexibility index (Phi) is 7.20. The number of ether oxygens (including phenoxy) is 4. The molecular formula is C19H28O6. The van der Waals surface area contributed by atoms with Crippen molar-refractivity contribution in [1.82, 2.24) is 0 Å². The summed E-state index contributed by atoms with van der Waals surface area (Å²) >= 11 is 0. The van der Waals surface area contributed by atoms with E-state index in [0.717, 1.165) is 31.4 Å². The summed E-state index contributed by atoms with van der Waals surface area (Å²) in [5.41, 5.74) is 0. The highest BCUT2D eigenvalue weighted by Gasteiger charge is 2.56. The van der Waals surface area contributed by atoms with Crippen LogP contribution in [-0.4, -0.2) is 37.7 Å². The monoisotopic (exact) mass is 352 g/mol. The zero-order chi connectivity index (χ0) is 18.4. The van der Waals surface area contributed by atoms with Crippen molar-refractivity contribution >= 4 is 11.9 Å². The van der Waals surface area contributed by atoms with Crippen LogP contribution in [0.25, 0.3) is 0 Å². The molecule has 6 atom stereocenters. The Morgan fingerprint density at radius 2 is 1.32 bits per heavy atom. The van der Waals surface area contributed by atoms with Crippen LogP contribution in [0.1, 0.15) is 33.1 Å². The van der Waals surface area contributed by atoms with E-state index >= 15 is 0 Å². The van der Waals surface area contributed by atoms with Gasteiger partial charge in [-0.2, -0.15) is 0 Å². The first-order chi connectivity index (χ1) is 12.0. The van der Waals surface area contributed by atoms with E-state index in [-0.39, 0.29) is 11.8 Å². The Hall–Kier alpha value is -1.66. The third kappa shape index (κ3) is 4.50. The predicted molar refractivity (Wildman–Crippen MR) is 91.2 cm³/mol. The number of rotatable bonds is 10. The van der Waals surface area contributed by atoms with E-state index in [2.05, 4.69) is 13.2 Å². The molecule has 6 heteroatoms. The van der Waals surface area contributed by atoms with Gasteiger partial charge in [-0.1, -0.05) is 13.2 Å². The van der Waals surface area contributed by atoms with Gasteiger partial charge in [-0.3, -0.25) is 0 Å². The molecule has 0 radical (unpaired) electrons. The smallest absolute Gasteiger partial charge is 0.332 e. The van der Waals surface area contributed by atoms with Gasteiger partial charge in [0.05, 0.1) is 0 Å². The third-order valence-corrected chi connectivity index (χ3v) is 5.14. The number of fused-ring (bicyclic) bond motifs is 2. The fourth-order valence-corrected chi connectivity index (χ4v) is 4.29. The predicted octanol–water partition coefficient (Wildman–Crippen LogP) is 2.83. The SMILES string of the molecule is C=CC(=O)OC(OCC)C1C2CCC(C2)C1C(OCC)OC(=O)C=C. The van der Waals surface area contributed by atoms with Crippen LogP contribution in [0.3, 0.4) is 0 Å². The van der Waals surface area contributed by atoms with Gasteiger partial charge in [0.25, 0.3) is 0 Å². The summed E-state index contributed by atoms with van der Waals surface area (Å²) in [6.07, 6.45) is 3.98. The van der Waals surface area contributed by atoms with Gasteiger partial charge in [0, 0.05) is 37.2 Å². The zero-order valence-corrected chi connectivity index (χ0v) is 15.0. The van der Waals surface area contributed by atoms with Gasteiger partial charge in [-0.05, 0) is 44.9 Å². The van der Waals surface area contributed by atoms with Crippen molar-refractivity contribution < 1.29 is 28.5 Å². The molecule has 0 heterocycles. The fraction of sp³-hybridized carbons (Fsp3) is 0.684. The molecule has 2 fully saturated rings. The van der Waals surface area contributed by atoms with Crippen LogP contribution in [0.2, 0.25) is 0 Å². The molecule has 6 nitrogen and oxygen atoms in total. The molecule has 2 saturated carbocycles. The summed E-state index contributed by atoms with van der Waals surface area (Å²) in [4.78, 5) is 23.5. The Balaban J connectivity index is 2.24. The zero-order valence-electron chi connectivity index (χ0n) is 15.0. The Morgan fingerprint density at radius 1 is 0.920 bits per heavy atom. The maximum Gasteiger partial charge on any atom is 0.332 e. The average molecular weight is 352 g/mol. The standard InChI is InChI=1S/C19H28O6/c1-5-14(20)24-18(22-7-3)16-12-9-10-13(11-12)17(16)19(23-8-4)25-15(21)6-2/h5-6,12-13,16-19H,1-2,7-11H2,3-4H3. The third-order valence-electron chi connectivity index (χ3n) is 5.14. The highest BCUT2D eigenvalue weighted by atomic mass is 16.7. The minimum absolute atomic E-state index is 0.0724. The summed E-state index contributed by atoms with van der Waals surface area (Å²) in [6.45, 7) is 11.4. The van der Waals surface area contributed by atoms with Crippen LogP contribution >= 0.6 is 0 Å². The first kappa shape index (κ1) is 19.7. The highest BCUT2D eigenvalue weighted by molar-refractivity contribution is 5.81. The number of hydrogen-bond donors (Lipinski definition) is 0. The molecule has 2 rings (SSSR count). The van der Waals surface area contributed by atoms with Crippen molar-refractivity contribution in [2.75, 3.05) is 13.2 Å². The molecular weight excluding hydrogens is 324 g/mol. The molecule has 0 aliphatic heterocycles. The second kappa shape index (κ2) is 9.15. The average Bonchev–Trinajstić information content (AvgIpc) is 3.21. The van der Waals surface area contributed by atoms with E-state index in [1.807, 2.05) is 13.8 Å². The van der Waals surface area contributed by atoms with Crippen molar-refractivity contribution in [2.45, 2.75) is 45.7 Å². The van der Waals surface area contributed by atoms with Gasteiger partial charge in [0.1, 0.15) is 0 Å². The van der Waals surface area contributed by atoms with Crippen LogP contribution in [0.4, 0.5) is 0 Å². The van der Waals surface area contributed by atoms with Gasteiger partial charge in [0.15, 0.2) is 0 Å². The van der Waals surface area contributed by atoms with Crippen LogP contribution in [0.5, 0.6) is 0 Å². The quantitative estimate of drug-likeness (QED) is 0.342. The van der Waals surface area contributed by atoms with Gasteiger partial charge < -0.3 is 18.9 Å². The number of carbonyl (C=O) groups excluding carboxylic acids is 2. The van der Waals surface area contributed by atoms with Crippen molar-refractivity contribution in [3.63, 3.8) is 0 Å². The molecule has 0 saturated heterocycles. The number of hydrogen-bond acceptors (Lipinski definition) is 6. The molecule has 25 heavy (non-hydrogen) atoms. The van der Waals surface area contributed by atoms with E-state index in [0.29, 0.717) is 25.0 Å². The minimum Gasteiger partial charge on any atom is -0.432 e. The topological polar surface area (TPSA) is 71.1 Å². The second-order valence-corrected chi connectivity index (χ2v) is 6.42. The molecule has 2 aliphatic carbocycles. The first-order valence-corrected chi connectivity index (χ1v) is 8.94. The summed E-state index contributed by atoms with van der Waals surface area (Å²) in [5, 5.41) is 0. The Labute approximate surface area is 149 Å². The lowest BCUT2D eigenvalue weighted by atomic mass is 9.78. The van der Waals surface area contributed by atoms with Crippen LogP contribution in [0, 0.1) is 23.7 Å². The highest BCUT2D eigenvalue weighted by Crippen LogP contribution is 2.56. The van der Waals surface area contributed by atoms with E-state index in [1.165, 1.54) is 0 Å². The molecule has 0 aromatic carbocycles. The summed E-state index contributed by atoms with van der Waals surface area (Å²) in [6, 6.07) is 0. The molecule has 140 valence electrons.